The number of carbonyl (C=O) groups is 1. The normalized spacial score (nSPS) is 24.9. The molecule has 1 amide bonds. The van der Waals surface area contributed by atoms with Crippen LogP contribution in [0.4, 0.5) is 0 Å². The molecule has 0 aromatic heterocycles. The van der Waals surface area contributed by atoms with E-state index in [0.717, 1.165) is 6.42 Å². The summed E-state index contributed by atoms with van der Waals surface area (Å²) < 4.78 is 0. The van der Waals surface area contributed by atoms with Crippen molar-refractivity contribution in [3.63, 3.8) is 0 Å². The van der Waals surface area contributed by atoms with Gasteiger partial charge in [0.25, 0.3) is 5.91 Å². The third-order valence-electron chi connectivity index (χ3n) is 3.11. The molecular weight excluding hydrogens is 206 g/mol. The van der Waals surface area contributed by atoms with Crippen LogP contribution in [0.2, 0.25) is 0 Å². The molecule has 0 saturated carbocycles. The lowest BCUT2D eigenvalue weighted by Gasteiger charge is -2.27. The summed E-state index contributed by atoms with van der Waals surface area (Å²) in [6.45, 7) is 7.54. The molecule has 0 spiro atoms. The summed E-state index contributed by atoms with van der Waals surface area (Å²) >= 11 is 0. The van der Waals surface area contributed by atoms with Crippen molar-refractivity contribution in [1.82, 2.24) is 4.90 Å². The minimum absolute atomic E-state index is 0.0180. The molecule has 0 radical (unpaired) electrons. The minimum atomic E-state index is -0.897. The highest BCUT2D eigenvalue weighted by atomic mass is 16.3. The Morgan fingerprint density at radius 3 is 2.44 bits per heavy atom. The van der Waals surface area contributed by atoms with E-state index < -0.39 is 12.3 Å². The first kappa shape index (κ1) is 13.2. The Morgan fingerprint density at radius 2 is 2.00 bits per heavy atom. The maximum Gasteiger partial charge on any atom is 0.254 e. The van der Waals surface area contributed by atoms with Gasteiger partial charge >= 0.3 is 0 Å². The number of carbonyl (C=O) groups excluding carboxylic acids is 1. The van der Waals surface area contributed by atoms with Crippen LogP contribution >= 0.6 is 0 Å². The van der Waals surface area contributed by atoms with E-state index in [4.69, 9.17) is 0 Å². The van der Waals surface area contributed by atoms with Crippen LogP contribution in [0.15, 0.2) is 11.6 Å². The van der Waals surface area contributed by atoms with Crippen molar-refractivity contribution in [2.45, 2.75) is 52.5 Å². The van der Waals surface area contributed by atoms with Crippen LogP contribution in [0.5, 0.6) is 0 Å². The van der Waals surface area contributed by atoms with Crippen molar-refractivity contribution in [3.05, 3.63) is 11.6 Å². The maximum atomic E-state index is 12.0. The Kier molecular flexibility index (Phi) is 4.10. The zero-order valence-corrected chi connectivity index (χ0v) is 10.3. The van der Waals surface area contributed by atoms with Crippen LogP contribution in [0.3, 0.4) is 0 Å². The van der Waals surface area contributed by atoms with Gasteiger partial charge in [0, 0.05) is 11.6 Å². The second-order valence-electron chi connectivity index (χ2n) is 4.69. The Morgan fingerprint density at radius 1 is 1.44 bits per heavy atom. The number of hydrogen-bond donors (Lipinski definition) is 2. The maximum absolute atomic E-state index is 12.0. The molecule has 0 saturated heterocycles. The van der Waals surface area contributed by atoms with E-state index in [-0.39, 0.29) is 17.9 Å². The largest absolute Gasteiger partial charge is 0.388 e. The number of aliphatic hydroxyl groups excluding tert-OH is 2. The lowest BCUT2D eigenvalue weighted by atomic mass is 9.99. The lowest BCUT2D eigenvalue weighted by molar-refractivity contribution is -0.135. The van der Waals surface area contributed by atoms with Crippen molar-refractivity contribution < 1.29 is 15.0 Å². The van der Waals surface area contributed by atoms with E-state index in [2.05, 4.69) is 0 Å². The van der Waals surface area contributed by atoms with Gasteiger partial charge in [-0.3, -0.25) is 4.79 Å². The van der Waals surface area contributed by atoms with Gasteiger partial charge in [0.2, 0.25) is 0 Å². The Labute approximate surface area is 96.6 Å². The van der Waals surface area contributed by atoms with Gasteiger partial charge in [0.05, 0.1) is 6.10 Å². The SMILES string of the molecule is CCC(C)N1C(=O)C(C(O)C(C)C)=CC1O. The Bertz CT molecular complexity index is 299. The average Bonchev–Trinajstić information content (AvgIpc) is 2.52. The lowest BCUT2D eigenvalue weighted by Crippen LogP contribution is -2.42. The zero-order valence-electron chi connectivity index (χ0n) is 10.3. The molecule has 0 bridgehead atoms. The molecule has 0 aromatic carbocycles. The average molecular weight is 227 g/mol. The monoisotopic (exact) mass is 227 g/mol. The zero-order chi connectivity index (χ0) is 12.5. The molecule has 2 N–H and O–H groups in total. The summed E-state index contributed by atoms with van der Waals surface area (Å²) in [7, 11) is 0. The van der Waals surface area contributed by atoms with Crippen LogP contribution in [0.25, 0.3) is 0 Å². The predicted octanol–water partition coefficient (Wildman–Crippen LogP) is 0.889. The quantitative estimate of drug-likeness (QED) is 0.749. The third-order valence-corrected chi connectivity index (χ3v) is 3.11. The van der Waals surface area contributed by atoms with Crippen LogP contribution in [0.1, 0.15) is 34.1 Å². The van der Waals surface area contributed by atoms with Crippen molar-refractivity contribution in [2.75, 3.05) is 0 Å². The summed E-state index contributed by atoms with van der Waals surface area (Å²) in [4.78, 5) is 13.4. The molecule has 0 aliphatic carbocycles. The van der Waals surface area contributed by atoms with Gasteiger partial charge in [0.1, 0.15) is 6.23 Å². The molecule has 1 aliphatic heterocycles. The summed E-state index contributed by atoms with van der Waals surface area (Å²) in [5.74, 6) is -0.276. The highest BCUT2D eigenvalue weighted by molar-refractivity contribution is 5.97. The van der Waals surface area contributed by atoms with Gasteiger partial charge in [-0.1, -0.05) is 20.8 Å². The van der Waals surface area contributed by atoms with Crippen LogP contribution in [0, 0.1) is 5.92 Å². The van der Waals surface area contributed by atoms with E-state index in [1.165, 1.54) is 11.0 Å². The fourth-order valence-electron chi connectivity index (χ4n) is 1.82. The van der Waals surface area contributed by atoms with Crippen LogP contribution in [-0.4, -0.2) is 39.4 Å². The highest BCUT2D eigenvalue weighted by Crippen LogP contribution is 2.25. The van der Waals surface area contributed by atoms with E-state index in [1.54, 1.807) is 0 Å². The predicted molar refractivity (Wildman–Crippen MR) is 61.5 cm³/mol. The summed E-state index contributed by atoms with van der Waals surface area (Å²) in [5, 5.41) is 19.6. The molecule has 1 heterocycles. The fourth-order valence-corrected chi connectivity index (χ4v) is 1.82. The Balaban J connectivity index is 2.86. The van der Waals surface area contributed by atoms with Crippen LogP contribution in [-0.2, 0) is 4.79 Å². The minimum Gasteiger partial charge on any atom is -0.388 e. The first-order chi connectivity index (χ1) is 7.40. The van der Waals surface area contributed by atoms with Crippen LogP contribution < -0.4 is 0 Å². The molecule has 1 rings (SSSR count). The smallest absolute Gasteiger partial charge is 0.254 e. The van der Waals surface area contributed by atoms with Gasteiger partial charge < -0.3 is 15.1 Å². The van der Waals surface area contributed by atoms with Gasteiger partial charge in [-0.05, 0) is 25.3 Å². The first-order valence-electron chi connectivity index (χ1n) is 5.80. The number of amides is 1. The summed E-state index contributed by atoms with van der Waals surface area (Å²) in [6.07, 6.45) is 0.544. The standard InChI is InChI=1S/C12H21NO3/c1-5-8(4)13-10(14)6-9(12(13)16)11(15)7(2)3/h6-8,10-11,14-15H,5H2,1-4H3. The van der Waals surface area contributed by atoms with E-state index in [9.17, 15) is 15.0 Å². The van der Waals surface area contributed by atoms with Gasteiger partial charge in [-0.15, -0.1) is 0 Å². The number of aliphatic hydroxyl groups is 2. The number of nitrogens with zero attached hydrogens (tertiary/aromatic N) is 1. The molecular formula is C12H21NO3. The number of hydrogen-bond acceptors (Lipinski definition) is 3. The fraction of sp³-hybridized carbons (Fsp3) is 0.750. The molecule has 4 heteroatoms. The second-order valence-corrected chi connectivity index (χ2v) is 4.69. The number of rotatable bonds is 4. The molecule has 92 valence electrons. The Hall–Kier alpha value is -0.870. The molecule has 3 atom stereocenters. The summed E-state index contributed by atoms with van der Waals surface area (Å²) in [6, 6.07) is -0.0180. The summed E-state index contributed by atoms with van der Waals surface area (Å²) in [5.41, 5.74) is 0.322. The van der Waals surface area contributed by atoms with Crippen molar-refractivity contribution in [1.29, 1.82) is 0 Å². The first-order valence-corrected chi connectivity index (χ1v) is 5.80. The topological polar surface area (TPSA) is 60.8 Å². The van der Waals surface area contributed by atoms with Gasteiger partial charge in [-0.2, -0.15) is 0 Å². The molecule has 0 aromatic rings. The third kappa shape index (κ3) is 2.28. The van der Waals surface area contributed by atoms with Crippen molar-refractivity contribution in [2.24, 2.45) is 5.92 Å². The van der Waals surface area contributed by atoms with E-state index in [1.807, 2.05) is 27.7 Å². The highest BCUT2D eigenvalue weighted by Gasteiger charge is 2.37. The molecule has 0 fully saturated rings. The molecule has 16 heavy (non-hydrogen) atoms. The second kappa shape index (κ2) is 4.97. The van der Waals surface area contributed by atoms with Crippen molar-refractivity contribution in [3.8, 4) is 0 Å². The molecule has 1 aliphatic rings. The van der Waals surface area contributed by atoms with Gasteiger partial charge in [0.15, 0.2) is 0 Å². The molecule has 4 nitrogen and oxygen atoms in total. The van der Waals surface area contributed by atoms with E-state index in [0.29, 0.717) is 5.57 Å². The van der Waals surface area contributed by atoms with E-state index >= 15 is 0 Å². The molecule has 3 unspecified atom stereocenters. The van der Waals surface area contributed by atoms with Gasteiger partial charge in [-0.25, -0.2) is 0 Å². The van der Waals surface area contributed by atoms with Crippen molar-refractivity contribution >= 4 is 5.91 Å².